The molecule has 1 heterocycles. The van der Waals surface area contributed by atoms with Crippen molar-refractivity contribution in [2.75, 3.05) is 11.9 Å². The molecule has 0 radical (unpaired) electrons. The minimum Gasteiger partial charge on any atom is -0.480 e. The van der Waals surface area contributed by atoms with Gasteiger partial charge >= 0.3 is 12.0 Å². The van der Waals surface area contributed by atoms with Crippen molar-refractivity contribution in [3.05, 3.63) is 29.0 Å². The summed E-state index contributed by atoms with van der Waals surface area (Å²) < 4.78 is 13.5. The van der Waals surface area contributed by atoms with E-state index >= 15 is 0 Å². The summed E-state index contributed by atoms with van der Waals surface area (Å²) >= 11 is 5.59. The van der Waals surface area contributed by atoms with Gasteiger partial charge in [0.05, 0.1) is 11.8 Å². The molecule has 1 aromatic rings. The number of aliphatic hydroxyl groups excluding tert-OH is 1. The predicted octanol–water partition coefficient (Wildman–Crippen LogP) is 1.53. The number of rotatable bonds is 2. The molecule has 8 heteroatoms. The highest BCUT2D eigenvalue weighted by Crippen LogP contribution is 2.22. The van der Waals surface area contributed by atoms with E-state index in [1.165, 1.54) is 12.1 Å². The van der Waals surface area contributed by atoms with Crippen molar-refractivity contribution in [2.24, 2.45) is 0 Å². The molecule has 20 heavy (non-hydrogen) atoms. The summed E-state index contributed by atoms with van der Waals surface area (Å²) in [6.07, 6.45) is -0.955. The molecule has 0 unspecified atom stereocenters. The number of aliphatic hydroxyl groups is 1. The number of nitrogens with zero attached hydrogens (tertiary/aromatic N) is 1. The van der Waals surface area contributed by atoms with Crippen LogP contribution in [0.1, 0.15) is 6.42 Å². The van der Waals surface area contributed by atoms with Crippen LogP contribution < -0.4 is 5.32 Å². The van der Waals surface area contributed by atoms with Crippen LogP contribution >= 0.6 is 11.6 Å². The third-order valence-electron chi connectivity index (χ3n) is 3.00. The number of amides is 2. The Morgan fingerprint density at radius 2 is 2.15 bits per heavy atom. The van der Waals surface area contributed by atoms with Crippen LogP contribution in [0, 0.1) is 5.82 Å². The van der Waals surface area contributed by atoms with Crippen molar-refractivity contribution in [3.63, 3.8) is 0 Å². The van der Waals surface area contributed by atoms with Gasteiger partial charge in [0.25, 0.3) is 0 Å². The molecular formula is C12H12ClFN2O4. The lowest BCUT2D eigenvalue weighted by Gasteiger charge is -2.21. The minimum absolute atomic E-state index is 0.0497. The second-order valence-electron chi connectivity index (χ2n) is 4.45. The highest BCUT2D eigenvalue weighted by atomic mass is 35.5. The normalized spacial score (nSPS) is 21.9. The number of halogens is 2. The molecule has 1 saturated heterocycles. The summed E-state index contributed by atoms with van der Waals surface area (Å²) in [7, 11) is 0. The van der Waals surface area contributed by atoms with Crippen molar-refractivity contribution in [2.45, 2.75) is 18.6 Å². The number of carbonyl (C=O) groups is 2. The number of likely N-dealkylation sites (tertiary alicyclic amines) is 1. The van der Waals surface area contributed by atoms with E-state index in [0.29, 0.717) is 0 Å². The number of carboxylic acid groups (broad SMARTS) is 1. The summed E-state index contributed by atoms with van der Waals surface area (Å²) in [4.78, 5) is 23.9. The Hall–Kier alpha value is -1.86. The summed E-state index contributed by atoms with van der Waals surface area (Å²) in [5.41, 5.74) is -0.107. The van der Waals surface area contributed by atoms with Gasteiger partial charge in [-0.25, -0.2) is 14.0 Å². The molecule has 1 fully saturated rings. The Morgan fingerprint density at radius 3 is 2.75 bits per heavy atom. The van der Waals surface area contributed by atoms with Crippen LogP contribution in [-0.2, 0) is 4.79 Å². The van der Waals surface area contributed by atoms with E-state index in [1.807, 2.05) is 0 Å². The Balaban J connectivity index is 2.13. The molecule has 108 valence electrons. The van der Waals surface area contributed by atoms with Crippen molar-refractivity contribution < 1.29 is 24.2 Å². The first-order valence-corrected chi connectivity index (χ1v) is 6.20. The number of aliphatic carboxylic acids is 1. The van der Waals surface area contributed by atoms with E-state index in [1.54, 1.807) is 0 Å². The first-order chi connectivity index (χ1) is 9.38. The van der Waals surface area contributed by atoms with Crippen LogP contribution in [-0.4, -0.2) is 45.8 Å². The van der Waals surface area contributed by atoms with Crippen LogP contribution in [0.3, 0.4) is 0 Å². The zero-order chi connectivity index (χ0) is 14.9. The molecule has 6 nitrogen and oxygen atoms in total. The Morgan fingerprint density at radius 1 is 1.45 bits per heavy atom. The second kappa shape index (κ2) is 5.64. The molecule has 1 aliphatic heterocycles. The number of urea groups is 1. The van der Waals surface area contributed by atoms with Crippen molar-refractivity contribution in [1.82, 2.24) is 4.90 Å². The number of hydrogen-bond acceptors (Lipinski definition) is 3. The molecule has 0 saturated carbocycles. The maximum absolute atomic E-state index is 13.5. The molecule has 1 aliphatic rings. The zero-order valence-corrected chi connectivity index (χ0v) is 11.0. The van der Waals surface area contributed by atoms with Gasteiger partial charge in [-0.05, 0) is 18.2 Å². The van der Waals surface area contributed by atoms with Gasteiger partial charge < -0.3 is 20.4 Å². The van der Waals surface area contributed by atoms with Gasteiger partial charge in [-0.15, -0.1) is 0 Å². The van der Waals surface area contributed by atoms with E-state index in [2.05, 4.69) is 5.32 Å². The van der Waals surface area contributed by atoms with Crippen LogP contribution in [0.5, 0.6) is 0 Å². The molecule has 2 amide bonds. The Bertz CT molecular complexity index is 554. The molecule has 0 bridgehead atoms. The van der Waals surface area contributed by atoms with Crippen LogP contribution in [0.2, 0.25) is 5.02 Å². The summed E-state index contributed by atoms with van der Waals surface area (Å²) in [6.45, 7) is -0.113. The van der Waals surface area contributed by atoms with Gasteiger partial charge in [0.2, 0.25) is 0 Å². The van der Waals surface area contributed by atoms with E-state index in [-0.39, 0.29) is 23.7 Å². The van der Waals surface area contributed by atoms with E-state index < -0.39 is 30.0 Å². The molecule has 2 atom stereocenters. The van der Waals surface area contributed by atoms with Crippen LogP contribution in [0.25, 0.3) is 0 Å². The first-order valence-electron chi connectivity index (χ1n) is 5.82. The van der Waals surface area contributed by atoms with E-state index in [4.69, 9.17) is 16.7 Å². The average Bonchev–Trinajstić information content (AvgIpc) is 2.75. The Kier molecular flexibility index (Phi) is 4.10. The van der Waals surface area contributed by atoms with Crippen molar-refractivity contribution in [1.29, 1.82) is 0 Å². The molecule has 3 N–H and O–H groups in total. The predicted molar refractivity (Wildman–Crippen MR) is 69.2 cm³/mol. The van der Waals surface area contributed by atoms with Gasteiger partial charge in [-0.2, -0.15) is 0 Å². The molecule has 2 rings (SSSR count). The summed E-state index contributed by atoms with van der Waals surface area (Å²) in [6, 6.07) is 1.80. The number of nitrogens with one attached hydrogen (secondary N) is 1. The first kappa shape index (κ1) is 14.5. The topological polar surface area (TPSA) is 89.9 Å². The smallest absolute Gasteiger partial charge is 0.326 e. The summed E-state index contributed by atoms with van der Waals surface area (Å²) in [5, 5.41) is 20.9. The quantitative estimate of drug-likeness (QED) is 0.773. The number of anilines is 1. The molecule has 0 spiro atoms. The maximum atomic E-state index is 13.5. The van der Waals surface area contributed by atoms with Gasteiger partial charge in [0.1, 0.15) is 11.9 Å². The molecule has 0 aliphatic carbocycles. The van der Waals surface area contributed by atoms with Crippen molar-refractivity contribution >= 4 is 29.3 Å². The maximum Gasteiger partial charge on any atom is 0.326 e. The Labute approximate surface area is 118 Å². The minimum atomic E-state index is -1.21. The second-order valence-corrected chi connectivity index (χ2v) is 4.89. The molecule has 0 aromatic heterocycles. The number of hydrogen-bond donors (Lipinski definition) is 3. The van der Waals surface area contributed by atoms with Crippen LogP contribution in [0.4, 0.5) is 14.9 Å². The zero-order valence-electron chi connectivity index (χ0n) is 10.2. The number of benzene rings is 1. The summed E-state index contributed by atoms with van der Waals surface area (Å²) in [5.74, 6) is -1.94. The fraction of sp³-hybridized carbons (Fsp3) is 0.333. The van der Waals surface area contributed by atoms with E-state index in [0.717, 1.165) is 11.0 Å². The van der Waals surface area contributed by atoms with Gasteiger partial charge in [0, 0.05) is 18.0 Å². The monoisotopic (exact) mass is 302 g/mol. The lowest BCUT2D eigenvalue weighted by molar-refractivity contribution is -0.141. The van der Waals surface area contributed by atoms with Gasteiger partial charge in [0.15, 0.2) is 0 Å². The third kappa shape index (κ3) is 3.00. The molecular weight excluding hydrogens is 291 g/mol. The lowest BCUT2D eigenvalue weighted by Crippen LogP contribution is -2.43. The van der Waals surface area contributed by atoms with E-state index in [9.17, 15) is 19.1 Å². The largest absolute Gasteiger partial charge is 0.480 e. The van der Waals surface area contributed by atoms with Gasteiger partial charge in [-0.1, -0.05) is 11.6 Å². The highest BCUT2D eigenvalue weighted by molar-refractivity contribution is 6.30. The average molecular weight is 303 g/mol. The fourth-order valence-electron chi connectivity index (χ4n) is 2.05. The fourth-order valence-corrected chi connectivity index (χ4v) is 2.21. The number of β-amino-alcohol motifs (C(OH)–C–C–N with tert-alkyl or cyclic N) is 1. The number of carbonyl (C=O) groups excluding carboxylic acids is 1. The van der Waals surface area contributed by atoms with Gasteiger partial charge in [-0.3, -0.25) is 0 Å². The lowest BCUT2D eigenvalue weighted by atomic mass is 10.2. The third-order valence-corrected chi connectivity index (χ3v) is 3.23. The highest BCUT2D eigenvalue weighted by Gasteiger charge is 2.39. The van der Waals surface area contributed by atoms with Crippen LogP contribution in [0.15, 0.2) is 18.2 Å². The number of carboxylic acids is 1. The van der Waals surface area contributed by atoms with Crippen molar-refractivity contribution in [3.8, 4) is 0 Å². The molecule has 1 aromatic carbocycles. The standard InChI is InChI=1S/C12H12ClFN2O4/c13-6-1-2-9(8(14)3-6)15-12(20)16-5-7(17)4-10(16)11(18)19/h1-3,7,10,17H,4-5H2,(H,15,20)(H,18,19)/t7-,10-/m0/s1. The SMILES string of the molecule is O=C(O)[C@@H]1C[C@H](O)CN1C(=O)Nc1ccc(Cl)cc1F.